The van der Waals surface area contributed by atoms with Gasteiger partial charge < -0.3 is 5.32 Å². The first-order valence-corrected chi connectivity index (χ1v) is 9.27. The Balaban J connectivity index is 1.74. The Hall–Kier alpha value is -2.21. The molecule has 0 aliphatic heterocycles. The van der Waals surface area contributed by atoms with Gasteiger partial charge in [0.1, 0.15) is 0 Å². The number of nitrogens with one attached hydrogen (secondary N) is 1. The molecule has 1 atom stereocenters. The van der Waals surface area contributed by atoms with Gasteiger partial charge in [-0.05, 0) is 59.2 Å². The topological polar surface area (TPSA) is 42.0 Å². The Morgan fingerprint density at radius 3 is 2.72 bits per heavy atom. The Morgan fingerprint density at radius 1 is 1.16 bits per heavy atom. The number of nitrogens with zero attached hydrogens (tertiary/aromatic N) is 1. The fourth-order valence-electron chi connectivity index (χ4n) is 2.79. The Labute approximate surface area is 161 Å². The predicted molar refractivity (Wildman–Crippen MR) is 112 cm³/mol. The third-order valence-electron chi connectivity index (χ3n) is 4.18. The van der Waals surface area contributed by atoms with Crippen molar-refractivity contribution in [2.75, 3.05) is 5.32 Å². The molecule has 0 aliphatic rings. The van der Waals surface area contributed by atoms with E-state index in [0.717, 1.165) is 33.0 Å². The molecule has 0 radical (unpaired) electrons. The Morgan fingerprint density at radius 2 is 1.96 bits per heavy atom. The van der Waals surface area contributed by atoms with Crippen molar-refractivity contribution in [2.45, 2.75) is 12.8 Å². The average Bonchev–Trinajstić information content (AvgIpc) is 2.65. The van der Waals surface area contributed by atoms with Gasteiger partial charge >= 0.3 is 0 Å². The van der Waals surface area contributed by atoms with Crippen LogP contribution in [0.4, 0.5) is 5.69 Å². The molecule has 1 aromatic heterocycles. The zero-order valence-electron chi connectivity index (χ0n) is 13.8. The zero-order valence-corrected chi connectivity index (χ0v) is 15.9. The molecule has 4 heteroatoms. The summed E-state index contributed by atoms with van der Waals surface area (Å²) in [5.74, 6) is -0.280. The van der Waals surface area contributed by atoms with Gasteiger partial charge in [0.15, 0.2) is 0 Å². The molecule has 1 amide bonds. The maximum Gasteiger partial charge on any atom is 0.231 e. The van der Waals surface area contributed by atoms with E-state index < -0.39 is 0 Å². The first kappa shape index (κ1) is 17.6. The second-order valence-electron chi connectivity index (χ2n) is 5.85. The van der Waals surface area contributed by atoms with Crippen molar-refractivity contribution in [2.24, 2.45) is 5.92 Å². The van der Waals surface area contributed by atoms with Crippen molar-refractivity contribution in [3.63, 3.8) is 0 Å². The fourth-order valence-corrected chi connectivity index (χ4v) is 3.40. The third-order valence-corrected chi connectivity index (χ3v) is 5.12. The fraction of sp³-hybridized carbons (Fsp3) is 0.143. The number of fused-ring (bicyclic) bond motifs is 1. The van der Waals surface area contributed by atoms with Gasteiger partial charge in [-0.25, -0.2) is 0 Å². The van der Waals surface area contributed by atoms with Crippen molar-refractivity contribution in [1.82, 2.24) is 4.98 Å². The molecule has 1 unspecified atom stereocenters. The summed E-state index contributed by atoms with van der Waals surface area (Å²) in [6.45, 7) is 3.83. The van der Waals surface area contributed by atoms with Crippen LogP contribution in [0, 0.1) is 9.49 Å². The average molecular weight is 442 g/mol. The minimum absolute atomic E-state index is 0.0425. The van der Waals surface area contributed by atoms with Crippen LogP contribution in [0.5, 0.6) is 0 Å². The maximum atomic E-state index is 12.7. The van der Waals surface area contributed by atoms with Gasteiger partial charge in [0.25, 0.3) is 0 Å². The van der Waals surface area contributed by atoms with Crippen LogP contribution in [0.2, 0.25) is 0 Å². The van der Waals surface area contributed by atoms with Crippen LogP contribution in [0.3, 0.4) is 0 Å². The van der Waals surface area contributed by atoms with Gasteiger partial charge in [0, 0.05) is 15.2 Å². The lowest BCUT2D eigenvalue weighted by Gasteiger charge is -2.14. The first-order chi connectivity index (χ1) is 12.2. The van der Waals surface area contributed by atoms with E-state index in [1.807, 2.05) is 42.5 Å². The van der Waals surface area contributed by atoms with Gasteiger partial charge in [-0.2, -0.15) is 0 Å². The summed E-state index contributed by atoms with van der Waals surface area (Å²) in [5.41, 5.74) is 2.78. The lowest BCUT2D eigenvalue weighted by molar-refractivity contribution is -0.118. The lowest BCUT2D eigenvalue weighted by atomic mass is 9.98. The second-order valence-corrected chi connectivity index (χ2v) is 7.01. The van der Waals surface area contributed by atoms with Crippen molar-refractivity contribution in [3.8, 4) is 0 Å². The molecule has 3 aromatic rings. The SMILES string of the molecule is C=CC(CCc1ccccc1)C(=O)Nc1ccc(I)c2cccnc12. The number of hydrogen-bond donors (Lipinski definition) is 1. The Bertz CT molecular complexity index is 893. The largest absolute Gasteiger partial charge is 0.324 e. The molecule has 126 valence electrons. The van der Waals surface area contributed by atoms with Crippen molar-refractivity contribution < 1.29 is 4.79 Å². The van der Waals surface area contributed by atoms with Gasteiger partial charge in [-0.1, -0.05) is 42.5 Å². The summed E-state index contributed by atoms with van der Waals surface area (Å²) in [4.78, 5) is 17.1. The predicted octanol–water partition coefficient (Wildman–Crippen LogP) is 5.21. The second kappa shape index (κ2) is 8.25. The molecule has 2 aromatic carbocycles. The van der Waals surface area contributed by atoms with Crippen LogP contribution in [0.15, 0.2) is 73.4 Å². The van der Waals surface area contributed by atoms with Crippen LogP contribution >= 0.6 is 22.6 Å². The van der Waals surface area contributed by atoms with E-state index in [1.54, 1.807) is 12.3 Å². The third kappa shape index (κ3) is 4.25. The standard InChI is InChI=1S/C21H19IN2O/c1-2-16(11-10-15-7-4-3-5-8-15)21(25)24-19-13-12-18(22)17-9-6-14-23-20(17)19/h2-9,12-14,16H,1,10-11H2,(H,24,25). The number of hydrogen-bond acceptors (Lipinski definition) is 2. The van der Waals surface area contributed by atoms with Gasteiger partial charge in [0.2, 0.25) is 5.91 Å². The van der Waals surface area contributed by atoms with E-state index in [0.29, 0.717) is 0 Å². The molecule has 0 aliphatic carbocycles. The minimum atomic E-state index is -0.238. The smallest absolute Gasteiger partial charge is 0.231 e. The van der Waals surface area contributed by atoms with Crippen molar-refractivity contribution in [3.05, 3.63) is 82.6 Å². The van der Waals surface area contributed by atoms with Crippen LogP contribution < -0.4 is 5.32 Å². The maximum absolute atomic E-state index is 12.7. The highest BCUT2D eigenvalue weighted by Gasteiger charge is 2.16. The molecule has 0 saturated carbocycles. The summed E-state index contributed by atoms with van der Waals surface area (Å²) < 4.78 is 1.11. The van der Waals surface area contributed by atoms with Crippen LogP contribution in [0.25, 0.3) is 10.9 Å². The molecule has 25 heavy (non-hydrogen) atoms. The van der Waals surface area contributed by atoms with E-state index in [2.05, 4.69) is 51.6 Å². The summed E-state index contributed by atoms with van der Waals surface area (Å²) in [6, 6.07) is 18.0. The van der Waals surface area contributed by atoms with E-state index in [9.17, 15) is 4.79 Å². The number of halogens is 1. The number of anilines is 1. The molecule has 0 saturated heterocycles. The number of benzene rings is 2. The number of carbonyl (C=O) groups is 1. The van der Waals surface area contributed by atoms with Gasteiger partial charge in [-0.3, -0.25) is 9.78 Å². The quantitative estimate of drug-likeness (QED) is 0.421. The van der Waals surface area contributed by atoms with Crippen LogP contribution in [-0.4, -0.2) is 10.9 Å². The lowest BCUT2D eigenvalue weighted by Crippen LogP contribution is -2.22. The normalized spacial score (nSPS) is 11.9. The molecule has 3 nitrogen and oxygen atoms in total. The molecule has 0 bridgehead atoms. The van der Waals surface area contributed by atoms with Crippen LogP contribution in [-0.2, 0) is 11.2 Å². The Kier molecular flexibility index (Phi) is 5.81. The number of aryl methyl sites for hydroxylation is 1. The molecule has 3 rings (SSSR count). The van der Waals surface area contributed by atoms with E-state index in [-0.39, 0.29) is 11.8 Å². The highest BCUT2D eigenvalue weighted by molar-refractivity contribution is 14.1. The summed E-state index contributed by atoms with van der Waals surface area (Å²) >= 11 is 2.28. The van der Waals surface area contributed by atoms with Gasteiger partial charge in [-0.15, -0.1) is 6.58 Å². The van der Waals surface area contributed by atoms with Crippen LogP contribution in [0.1, 0.15) is 12.0 Å². The molecular weight excluding hydrogens is 423 g/mol. The number of aromatic nitrogens is 1. The molecule has 0 fully saturated rings. The highest BCUT2D eigenvalue weighted by atomic mass is 127. The zero-order chi connectivity index (χ0) is 17.6. The van der Waals surface area contributed by atoms with Gasteiger partial charge in [0.05, 0.1) is 17.1 Å². The van der Waals surface area contributed by atoms with E-state index >= 15 is 0 Å². The van der Waals surface area contributed by atoms with Crippen molar-refractivity contribution in [1.29, 1.82) is 0 Å². The summed E-state index contributed by atoms with van der Waals surface area (Å²) in [5, 5.41) is 4.07. The molecule has 1 N–H and O–H groups in total. The number of pyridine rings is 1. The van der Waals surface area contributed by atoms with Crippen molar-refractivity contribution >= 4 is 45.1 Å². The molecule has 1 heterocycles. The first-order valence-electron chi connectivity index (χ1n) is 8.19. The number of rotatable bonds is 6. The number of carbonyl (C=O) groups excluding carboxylic acids is 1. The minimum Gasteiger partial charge on any atom is -0.324 e. The number of amides is 1. The monoisotopic (exact) mass is 442 g/mol. The molecular formula is C21H19IN2O. The van der Waals surface area contributed by atoms with E-state index in [4.69, 9.17) is 0 Å². The van der Waals surface area contributed by atoms with E-state index in [1.165, 1.54) is 5.56 Å². The summed E-state index contributed by atoms with van der Waals surface area (Å²) in [7, 11) is 0. The highest BCUT2D eigenvalue weighted by Crippen LogP contribution is 2.26. The summed E-state index contributed by atoms with van der Waals surface area (Å²) in [6.07, 6.45) is 5.04. The molecule has 0 spiro atoms.